The number of aliphatic hydroxyl groups excluding tert-OH is 1. The number of benzene rings is 2. The van der Waals surface area contributed by atoms with E-state index in [0.29, 0.717) is 19.6 Å². The Labute approximate surface area is 230 Å². The minimum atomic E-state index is -3.62. The number of aryl methyl sites for hydroxylation is 1. The van der Waals surface area contributed by atoms with E-state index in [-0.39, 0.29) is 18.3 Å². The normalized spacial score (nSPS) is 13.0. The van der Waals surface area contributed by atoms with Crippen molar-refractivity contribution in [2.45, 2.75) is 58.2 Å². The Morgan fingerprint density at radius 1 is 1.10 bits per heavy atom. The Balaban J connectivity index is 1.70. The lowest BCUT2D eigenvalue weighted by Gasteiger charge is -2.25. The predicted molar refractivity (Wildman–Crippen MR) is 150 cm³/mol. The molecule has 0 aliphatic carbocycles. The van der Waals surface area contributed by atoms with Crippen molar-refractivity contribution >= 4 is 21.9 Å². The summed E-state index contributed by atoms with van der Waals surface area (Å²) < 4.78 is 35.8. The van der Waals surface area contributed by atoms with Crippen molar-refractivity contribution in [1.82, 2.24) is 15.6 Å². The van der Waals surface area contributed by atoms with Gasteiger partial charge in [0.25, 0.3) is 5.91 Å². The number of carbonyl (C=O) groups excluding carboxylic acids is 1. The number of nitrogens with zero attached hydrogens (tertiary/aromatic N) is 1. The smallest absolute Gasteiger partial charge is 0.309 e. The third-order valence-corrected chi connectivity index (χ3v) is 6.54. The van der Waals surface area contributed by atoms with E-state index >= 15 is 0 Å². The molecule has 0 fully saturated rings. The number of anilines is 1. The molecule has 10 nitrogen and oxygen atoms in total. The third-order valence-electron chi connectivity index (χ3n) is 5.99. The highest BCUT2D eigenvalue weighted by Gasteiger charge is 2.24. The number of unbranched alkanes of at least 4 members (excludes halogenated alkanes) is 1. The average molecular weight is 559 g/mol. The fourth-order valence-corrected chi connectivity index (χ4v) is 4.34. The van der Waals surface area contributed by atoms with Crippen molar-refractivity contribution in [3.05, 3.63) is 77.2 Å². The molecule has 4 N–H and O–H groups in total. The van der Waals surface area contributed by atoms with Crippen molar-refractivity contribution in [1.29, 1.82) is 0 Å². The third kappa shape index (κ3) is 10.3. The monoisotopic (exact) mass is 558 g/mol. The molecule has 0 aliphatic heterocycles. The Morgan fingerprint density at radius 2 is 1.85 bits per heavy atom. The highest BCUT2D eigenvalue weighted by molar-refractivity contribution is 7.91. The molecule has 1 amide bonds. The van der Waals surface area contributed by atoms with Crippen LogP contribution in [0.15, 0.2) is 59.2 Å². The van der Waals surface area contributed by atoms with Crippen LogP contribution in [0.4, 0.5) is 6.01 Å². The molecule has 0 bridgehead atoms. The second-order valence-electron chi connectivity index (χ2n) is 9.42. The van der Waals surface area contributed by atoms with Crippen molar-refractivity contribution in [3.8, 4) is 5.75 Å². The fraction of sp³-hybridized carbons (Fsp3) is 0.429. The van der Waals surface area contributed by atoms with Crippen molar-refractivity contribution in [2.24, 2.45) is 0 Å². The summed E-state index contributed by atoms with van der Waals surface area (Å²) in [5, 5.41) is 17.2. The van der Waals surface area contributed by atoms with Crippen LogP contribution < -0.4 is 20.1 Å². The van der Waals surface area contributed by atoms with E-state index in [2.05, 4.69) is 46.3 Å². The van der Waals surface area contributed by atoms with Gasteiger partial charge in [0.15, 0.2) is 5.69 Å². The first-order valence-electron chi connectivity index (χ1n) is 13.1. The first kappa shape index (κ1) is 30.1. The topological polar surface area (TPSA) is 143 Å². The summed E-state index contributed by atoms with van der Waals surface area (Å²) in [6, 6.07) is 14.8. The van der Waals surface area contributed by atoms with Gasteiger partial charge in [-0.1, -0.05) is 56.7 Å². The molecule has 0 spiro atoms. The van der Waals surface area contributed by atoms with Gasteiger partial charge in [-0.15, -0.1) is 0 Å². The Bertz CT molecular complexity index is 1310. The molecular formula is C28H38N4O6S. The standard InChI is InChI=1S/C28H38N4O6S/c1-4-6-13-37-23-12-8-10-21(15-23)16-24(26(33)18-29-17-22-11-7-9-20(5-2)14-22)30-27(34)25-19-38-28(31-25)32-39(3,35)36/h7-12,14-15,19,24,26,29,33H,4-6,13,16-18H2,1-3H3,(H,30,34)(H,31,32)/t24-,26+/m0/s1. The van der Waals surface area contributed by atoms with Crippen LogP contribution in [0.1, 0.15) is 53.9 Å². The van der Waals surface area contributed by atoms with Gasteiger partial charge in [-0.2, -0.15) is 4.98 Å². The minimum Gasteiger partial charge on any atom is -0.494 e. The summed E-state index contributed by atoms with van der Waals surface area (Å²) >= 11 is 0. The Morgan fingerprint density at radius 3 is 2.59 bits per heavy atom. The molecule has 0 unspecified atom stereocenters. The Hall–Kier alpha value is -3.41. The van der Waals surface area contributed by atoms with Crippen LogP contribution in [0.2, 0.25) is 0 Å². The van der Waals surface area contributed by atoms with Crippen LogP contribution >= 0.6 is 0 Å². The number of oxazole rings is 1. The molecule has 0 aliphatic rings. The van der Waals surface area contributed by atoms with Gasteiger partial charge in [0.1, 0.15) is 12.0 Å². The number of amides is 1. The van der Waals surface area contributed by atoms with E-state index in [1.54, 1.807) is 0 Å². The second-order valence-corrected chi connectivity index (χ2v) is 11.2. The van der Waals surface area contributed by atoms with Gasteiger partial charge in [-0.3, -0.25) is 4.79 Å². The maximum absolute atomic E-state index is 13.0. The summed E-state index contributed by atoms with van der Waals surface area (Å²) in [6.07, 6.45) is 4.32. The van der Waals surface area contributed by atoms with E-state index in [9.17, 15) is 18.3 Å². The molecule has 3 rings (SSSR count). The zero-order valence-corrected chi connectivity index (χ0v) is 23.5. The number of rotatable bonds is 16. The maximum Gasteiger partial charge on any atom is 0.309 e. The number of ether oxygens (including phenoxy) is 1. The van der Waals surface area contributed by atoms with E-state index in [0.717, 1.165) is 48.7 Å². The van der Waals surface area contributed by atoms with E-state index in [1.807, 2.05) is 36.4 Å². The van der Waals surface area contributed by atoms with E-state index in [4.69, 9.17) is 9.15 Å². The summed E-state index contributed by atoms with van der Waals surface area (Å²) in [6.45, 7) is 5.60. The maximum atomic E-state index is 13.0. The molecule has 1 heterocycles. The van der Waals surface area contributed by atoms with Gasteiger partial charge in [0, 0.05) is 13.1 Å². The molecule has 2 atom stereocenters. The van der Waals surface area contributed by atoms with Gasteiger partial charge < -0.3 is 24.9 Å². The van der Waals surface area contributed by atoms with Crippen molar-refractivity contribution in [2.75, 3.05) is 24.1 Å². The number of sulfonamides is 1. The molecular weight excluding hydrogens is 520 g/mol. The quantitative estimate of drug-likeness (QED) is 0.196. The van der Waals surface area contributed by atoms with Gasteiger partial charge >= 0.3 is 6.01 Å². The van der Waals surface area contributed by atoms with Crippen LogP contribution in [0.5, 0.6) is 5.75 Å². The molecule has 0 saturated carbocycles. The first-order chi connectivity index (χ1) is 18.7. The van der Waals surface area contributed by atoms with E-state index in [1.165, 1.54) is 5.56 Å². The summed E-state index contributed by atoms with van der Waals surface area (Å²) in [5.74, 6) is 0.123. The summed E-state index contributed by atoms with van der Waals surface area (Å²) in [5.41, 5.74) is 3.11. The largest absolute Gasteiger partial charge is 0.494 e. The summed E-state index contributed by atoms with van der Waals surface area (Å²) in [4.78, 5) is 16.9. The van der Waals surface area contributed by atoms with Gasteiger partial charge in [0.2, 0.25) is 10.0 Å². The van der Waals surface area contributed by atoms with E-state index < -0.39 is 28.1 Å². The lowest BCUT2D eigenvalue weighted by molar-refractivity contribution is 0.0825. The Kier molecular flexibility index (Phi) is 11.3. The van der Waals surface area contributed by atoms with Crippen LogP contribution in [-0.2, 0) is 29.4 Å². The zero-order chi connectivity index (χ0) is 28.3. The van der Waals surface area contributed by atoms with Gasteiger partial charge in [-0.05, 0) is 48.1 Å². The minimum absolute atomic E-state index is 0.112. The second kappa shape index (κ2) is 14.7. The summed E-state index contributed by atoms with van der Waals surface area (Å²) in [7, 11) is -3.62. The van der Waals surface area contributed by atoms with Crippen LogP contribution in [0.25, 0.3) is 0 Å². The molecule has 39 heavy (non-hydrogen) atoms. The first-order valence-corrected chi connectivity index (χ1v) is 15.0. The number of aliphatic hydroxyl groups is 1. The van der Waals surface area contributed by atoms with Gasteiger partial charge in [0.05, 0.1) is 25.0 Å². The highest BCUT2D eigenvalue weighted by atomic mass is 32.2. The van der Waals surface area contributed by atoms with Crippen LogP contribution in [-0.4, -0.2) is 56.0 Å². The SMILES string of the molecule is CCCCOc1cccc(C[C@H](NC(=O)c2coc(NS(C)(=O)=O)n2)[C@H](O)CNCc2cccc(CC)c2)c1. The zero-order valence-electron chi connectivity index (χ0n) is 22.6. The molecule has 11 heteroatoms. The molecule has 0 radical (unpaired) electrons. The van der Waals surface area contributed by atoms with Crippen LogP contribution in [0.3, 0.4) is 0 Å². The number of hydrogen-bond acceptors (Lipinski definition) is 8. The number of hydrogen-bond donors (Lipinski definition) is 4. The molecule has 2 aromatic carbocycles. The molecule has 0 saturated heterocycles. The van der Waals surface area contributed by atoms with Crippen molar-refractivity contribution < 1.29 is 27.5 Å². The number of carbonyl (C=O) groups is 1. The molecule has 212 valence electrons. The molecule has 1 aromatic heterocycles. The highest BCUT2D eigenvalue weighted by Crippen LogP contribution is 2.17. The van der Waals surface area contributed by atoms with Gasteiger partial charge in [-0.25, -0.2) is 13.1 Å². The fourth-order valence-electron chi connectivity index (χ4n) is 3.93. The lowest BCUT2D eigenvalue weighted by Crippen LogP contribution is -2.48. The average Bonchev–Trinajstić information content (AvgIpc) is 3.36. The lowest BCUT2D eigenvalue weighted by atomic mass is 10.0. The predicted octanol–water partition coefficient (Wildman–Crippen LogP) is 3.28. The van der Waals surface area contributed by atoms with Crippen LogP contribution in [0, 0.1) is 0 Å². The van der Waals surface area contributed by atoms with Crippen molar-refractivity contribution in [3.63, 3.8) is 0 Å². The number of aromatic nitrogens is 1. The number of nitrogens with one attached hydrogen (secondary N) is 3. The molecule has 3 aromatic rings.